The van der Waals surface area contributed by atoms with Crippen LogP contribution < -0.4 is 24.4 Å². The Kier molecular flexibility index (Phi) is 10.3. The summed E-state index contributed by atoms with van der Waals surface area (Å²) in [6, 6.07) is 9.04. The number of nitrogens with one attached hydrogen (secondary N) is 3. The molecule has 2 aromatic carbocycles. The average molecular weight is 731 g/mol. The minimum absolute atomic E-state index is 0.0333. The zero-order chi connectivity index (χ0) is 35.6. The van der Waals surface area contributed by atoms with Gasteiger partial charge in [0.1, 0.15) is 10.6 Å². The highest BCUT2D eigenvalue weighted by molar-refractivity contribution is 7.91. The van der Waals surface area contributed by atoms with Crippen molar-refractivity contribution >= 4 is 43.5 Å². The Bertz CT molecular complexity index is 1880. The van der Waals surface area contributed by atoms with E-state index in [1.807, 2.05) is 0 Å². The zero-order valence-corrected chi connectivity index (χ0v) is 28.0. The summed E-state index contributed by atoms with van der Waals surface area (Å²) >= 11 is 0. The minimum Gasteiger partial charge on any atom is -0.454 e. The van der Waals surface area contributed by atoms with E-state index in [4.69, 9.17) is 4.74 Å². The fourth-order valence-electron chi connectivity index (χ4n) is 5.22. The molecule has 3 N–H and O–H groups in total. The molecule has 1 aliphatic carbocycles. The van der Waals surface area contributed by atoms with E-state index in [0.717, 1.165) is 12.1 Å². The fraction of sp³-hybridized carbons (Fsp3) is 0.448. The number of hydrogen-bond acceptors (Lipinski definition) is 12. The number of anilines is 3. The van der Waals surface area contributed by atoms with Crippen LogP contribution in [-0.4, -0.2) is 99.9 Å². The number of carbonyl (C=O) groups is 1. The first kappa shape index (κ1) is 36.1. The summed E-state index contributed by atoms with van der Waals surface area (Å²) in [5, 5.41) is 2.83. The van der Waals surface area contributed by atoms with Gasteiger partial charge < -0.3 is 19.9 Å². The van der Waals surface area contributed by atoms with Gasteiger partial charge in [-0.05, 0) is 82.2 Å². The molecule has 20 heteroatoms. The first-order valence-electron chi connectivity index (χ1n) is 15.0. The van der Waals surface area contributed by atoms with Crippen LogP contribution in [0.3, 0.4) is 0 Å². The van der Waals surface area contributed by atoms with Crippen molar-refractivity contribution < 1.29 is 43.9 Å². The number of halogens is 4. The number of ether oxygens (including phenoxy) is 1. The summed E-state index contributed by atoms with van der Waals surface area (Å²) in [6.07, 6.45) is -3.25. The first-order chi connectivity index (χ1) is 22.9. The number of carbonyl (C=O) groups excluding carboxylic acids is 1. The molecule has 49 heavy (non-hydrogen) atoms. The molecular weight excluding hydrogens is 696 g/mol. The number of hydrogen-bond donors (Lipinski definition) is 3. The third-order valence-electron chi connectivity index (χ3n) is 7.79. The van der Waals surface area contributed by atoms with Crippen LogP contribution in [-0.2, 0) is 20.0 Å². The van der Waals surface area contributed by atoms with Gasteiger partial charge in [-0.25, -0.2) is 30.7 Å². The molecule has 2 heterocycles. The highest BCUT2D eigenvalue weighted by Gasteiger charge is 2.55. The van der Waals surface area contributed by atoms with E-state index in [1.165, 1.54) is 36.4 Å². The second kappa shape index (κ2) is 14.0. The zero-order valence-electron chi connectivity index (χ0n) is 26.4. The molecule has 1 amide bonds. The van der Waals surface area contributed by atoms with Crippen LogP contribution in [0.1, 0.15) is 36.0 Å². The minimum atomic E-state index is -4.67. The number of nitrogens with zero attached hydrogens (tertiary/aromatic N) is 5. The summed E-state index contributed by atoms with van der Waals surface area (Å²) in [7, 11) is -4.45. The number of aromatic nitrogens is 3. The van der Waals surface area contributed by atoms with Gasteiger partial charge in [0, 0.05) is 36.9 Å². The predicted molar refractivity (Wildman–Crippen MR) is 170 cm³/mol. The first-order valence-corrected chi connectivity index (χ1v) is 18.0. The Morgan fingerprint density at radius 2 is 1.69 bits per heavy atom. The smallest absolute Gasteiger partial charge is 0.422 e. The molecule has 2 fully saturated rings. The standard InChI is InChI=1S/C29H34F4N8O6S2/c1-40(2)17-28(12-13-28)49(45,46)39-24(42)19-6-8-21(9-7-19)34-25-35-26(37-27(36-25)47-18-29(31,32)33)41-14-10-22(11-15-41)38-48(43,44)23-5-3-4-20(30)16-23/h3-9,16,22,38H,10-15,17-18H2,1-2H3,(H,39,42)(H,34,35,36,37). The number of alkyl halides is 3. The topological polar surface area (TPSA) is 176 Å². The maximum atomic E-state index is 13.6. The molecule has 1 saturated heterocycles. The summed E-state index contributed by atoms with van der Waals surface area (Å²) in [5.74, 6) is -1.73. The van der Waals surface area contributed by atoms with E-state index in [0.29, 0.717) is 18.5 Å². The number of rotatable bonds is 13. The van der Waals surface area contributed by atoms with E-state index in [2.05, 4.69) is 29.7 Å². The molecule has 0 atom stereocenters. The van der Waals surface area contributed by atoms with Crippen molar-refractivity contribution in [2.45, 2.75) is 47.5 Å². The Morgan fingerprint density at radius 1 is 1.02 bits per heavy atom. The lowest BCUT2D eigenvalue weighted by atomic mass is 10.1. The van der Waals surface area contributed by atoms with Gasteiger partial charge in [-0.3, -0.25) is 4.79 Å². The van der Waals surface area contributed by atoms with Gasteiger partial charge in [0.05, 0.1) is 4.90 Å². The van der Waals surface area contributed by atoms with Crippen LogP contribution in [0.15, 0.2) is 53.4 Å². The summed E-state index contributed by atoms with van der Waals surface area (Å²) in [5.41, 5.74) is 0.367. The van der Waals surface area contributed by atoms with Gasteiger partial charge in [-0.15, -0.1) is 0 Å². The van der Waals surface area contributed by atoms with Gasteiger partial charge in [-0.1, -0.05) is 6.07 Å². The Labute approximate surface area is 280 Å². The predicted octanol–water partition coefficient (Wildman–Crippen LogP) is 2.80. The molecular formula is C29H34F4N8O6S2. The van der Waals surface area contributed by atoms with E-state index in [9.17, 15) is 39.2 Å². The Hall–Kier alpha value is -4.14. The second-order valence-corrected chi connectivity index (χ2v) is 15.8. The highest BCUT2D eigenvalue weighted by Crippen LogP contribution is 2.43. The lowest BCUT2D eigenvalue weighted by Crippen LogP contribution is -2.45. The third-order valence-corrected chi connectivity index (χ3v) is 11.4. The molecule has 5 rings (SSSR count). The van der Waals surface area contributed by atoms with Gasteiger partial charge in [-0.2, -0.15) is 28.1 Å². The number of piperidine rings is 1. The molecule has 1 saturated carbocycles. The number of sulfonamides is 2. The van der Waals surface area contributed by atoms with E-state index >= 15 is 0 Å². The van der Waals surface area contributed by atoms with Gasteiger partial charge in [0.25, 0.3) is 5.91 Å². The van der Waals surface area contributed by atoms with Gasteiger partial charge in [0.2, 0.25) is 31.9 Å². The number of benzene rings is 2. The van der Waals surface area contributed by atoms with Crippen LogP contribution >= 0.6 is 0 Å². The SMILES string of the molecule is CN(C)CC1(S(=O)(=O)NC(=O)c2ccc(Nc3nc(OCC(F)(F)F)nc(N4CCC(NS(=O)(=O)c5cccc(F)c5)CC4)n3)cc2)CC1. The maximum absolute atomic E-state index is 13.6. The fourth-order valence-corrected chi connectivity index (χ4v) is 8.21. The molecule has 1 aliphatic heterocycles. The van der Waals surface area contributed by atoms with E-state index < -0.39 is 61.4 Å². The van der Waals surface area contributed by atoms with Crippen molar-refractivity contribution in [2.24, 2.45) is 0 Å². The summed E-state index contributed by atoms with van der Waals surface area (Å²) < 4.78 is 112. The van der Waals surface area contributed by atoms with Crippen LogP contribution in [0.2, 0.25) is 0 Å². The molecule has 2 aliphatic rings. The average Bonchev–Trinajstić information content (AvgIpc) is 3.81. The van der Waals surface area contributed by atoms with Crippen LogP contribution in [0.4, 0.5) is 35.1 Å². The quantitative estimate of drug-likeness (QED) is 0.220. The van der Waals surface area contributed by atoms with Gasteiger partial charge >= 0.3 is 12.2 Å². The molecule has 14 nitrogen and oxygen atoms in total. The lowest BCUT2D eigenvalue weighted by molar-refractivity contribution is -0.154. The van der Waals surface area contributed by atoms with Gasteiger partial charge in [0.15, 0.2) is 6.61 Å². The summed E-state index contributed by atoms with van der Waals surface area (Å²) in [6.45, 7) is -0.973. The molecule has 0 unspecified atom stereocenters. The maximum Gasteiger partial charge on any atom is 0.422 e. The second-order valence-electron chi connectivity index (χ2n) is 12.0. The van der Waals surface area contributed by atoms with E-state index in [1.54, 1.807) is 23.9 Å². The Morgan fingerprint density at radius 3 is 2.29 bits per heavy atom. The normalized spacial score (nSPS) is 16.8. The van der Waals surface area contributed by atoms with Crippen molar-refractivity contribution in [3.05, 3.63) is 59.9 Å². The molecule has 266 valence electrons. The molecule has 3 aromatic rings. The van der Waals surface area contributed by atoms with Crippen molar-refractivity contribution in [3.63, 3.8) is 0 Å². The molecule has 0 radical (unpaired) electrons. The van der Waals surface area contributed by atoms with Crippen molar-refractivity contribution in [2.75, 3.05) is 50.6 Å². The Balaban J connectivity index is 1.26. The molecule has 0 bridgehead atoms. The number of amides is 1. The highest BCUT2D eigenvalue weighted by atomic mass is 32.2. The monoisotopic (exact) mass is 730 g/mol. The molecule has 1 aromatic heterocycles. The third kappa shape index (κ3) is 9.31. The van der Waals surface area contributed by atoms with Crippen molar-refractivity contribution in [3.8, 4) is 6.01 Å². The van der Waals surface area contributed by atoms with E-state index in [-0.39, 0.29) is 54.8 Å². The van der Waals surface area contributed by atoms with Crippen molar-refractivity contribution in [1.29, 1.82) is 0 Å². The lowest BCUT2D eigenvalue weighted by Gasteiger charge is -2.32. The van der Waals surface area contributed by atoms with Crippen LogP contribution in [0.5, 0.6) is 6.01 Å². The van der Waals surface area contributed by atoms with Crippen molar-refractivity contribution in [1.82, 2.24) is 29.3 Å². The van der Waals surface area contributed by atoms with Crippen LogP contribution in [0, 0.1) is 5.82 Å². The summed E-state index contributed by atoms with van der Waals surface area (Å²) in [4.78, 5) is 28.2. The van der Waals surface area contributed by atoms with Crippen LogP contribution in [0.25, 0.3) is 0 Å². The largest absolute Gasteiger partial charge is 0.454 e. The molecule has 0 spiro atoms.